The van der Waals surface area contributed by atoms with Crippen LogP contribution in [0.3, 0.4) is 0 Å². The van der Waals surface area contributed by atoms with E-state index in [1.165, 1.54) is 16.7 Å². The first-order valence-corrected chi connectivity index (χ1v) is 3.88. The van der Waals surface area contributed by atoms with Crippen molar-refractivity contribution in [1.82, 2.24) is 0 Å². The van der Waals surface area contributed by atoms with Gasteiger partial charge in [-0.05, 0) is 31.4 Å². The first kappa shape index (κ1) is 8.28. The summed E-state index contributed by atoms with van der Waals surface area (Å²) in [6, 6.07) is 6.23. The third-order valence-corrected chi connectivity index (χ3v) is 1.88. The SMILES string of the molecule is Cc1ccc(C)c(CC[O])c1. The molecule has 0 unspecified atom stereocenters. The maximum Gasteiger partial charge on any atom is 0.0862 e. The molecule has 0 saturated carbocycles. The number of hydrogen-bond acceptors (Lipinski definition) is 0. The van der Waals surface area contributed by atoms with E-state index in [0.29, 0.717) is 6.42 Å². The molecule has 0 spiro atoms. The molecule has 59 valence electrons. The fraction of sp³-hybridized carbons (Fsp3) is 0.400. The summed E-state index contributed by atoms with van der Waals surface area (Å²) in [5.41, 5.74) is 3.66. The highest BCUT2D eigenvalue weighted by molar-refractivity contribution is 5.30. The zero-order valence-corrected chi connectivity index (χ0v) is 7.05. The van der Waals surface area contributed by atoms with Gasteiger partial charge in [0.2, 0.25) is 0 Å². The first-order chi connectivity index (χ1) is 5.24. The lowest BCUT2D eigenvalue weighted by Gasteiger charge is -2.03. The van der Waals surface area contributed by atoms with Crippen molar-refractivity contribution in [3.05, 3.63) is 34.9 Å². The molecule has 0 heterocycles. The van der Waals surface area contributed by atoms with Crippen molar-refractivity contribution in [2.45, 2.75) is 20.3 Å². The molecule has 0 bridgehead atoms. The number of benzene rings is 1. The highest BCUT2D eigenvalue weighted by Gasteiger charge is 1.96. The maximum absolute atomic E-state index is 10.4. The van der Waals surface area contributed by atoms with Crippen LogP contribution < -0.4 is 0 Å². The summed E-state index contributed by atoms with van der Waals surface area (Å²) in [7, 11) is 0. The Morgan fingerprint density at radius 3 is 2.64 bits per heavy atom. The van der Waals surface area contributed by atoms with Crippen molar-refractivity contribution < 1.29 is 5.11 Å². The minimum absolute atomic E-state index is 0.00963. The quantitative estimate of drug-likeness (QED) is 0.614. The van der Waals surface area contributed by atoms with Crippen LogP contribution in [0.15, 0.2) is 18.2 Å². The Kier molecular flexibility index (Phi) is 2.66. The average molecular weight is 149 g/mol. The summed E-state index contributed by atoms with van der Waals surface area (Å²) < 4.78 is 0. The average Bonchev–Trinajstić information content (AvgIpc) is 1.98. The van der Waals surface area contributed by atoms with Gasteiger partial charge < -0.3 is 0 Å². The zero-order chi connectivity index (χ0) is 8.27. The minimum atomic E-state index is -0.00963. The molecule has 1 heteroatoms. The Bertz CT molecular complexity index is 241. The van der Waals surface area contributed by atoms with Crippen LogP contribution in [-0.2, 0) is 11.5 Å². The summed E-state index contributed by atoms with van der Waals surface area (Å²) in [6.45, 7) is 4.09. The molecule has 1 nitrogen and oxygen atoms in total. The molecule has 0 aromatic heterocycles. The van der Waals surface area contributed by atoms with E-state index in [2.05, 4.69) is 18.2 Å². The van der Waals surface area contributed by atoms with Crippen LogP contribution in [0.1, 0.15) is 16.7 Å². The minimum Gasteiger partial charge on any atom is -0.236 e. The molecule has 0 atom stereocenters. The third-order valence-electron chi connectivity index (χ3n) is 1.88. The van der Waals surface area contributed by atoms with Gasteiger partial charge >= 0.3 is 0 Å². The summed E-state index contributed by atoms with van der Waals surface area (Å²) >= 11 is 0. The van der Waals surface area contributed by atoms with Gasteiger partial charge in [-0.1, -0.05) is 23.8 Å². The molecular weight excluding hydrogens is 136 g/mol. The molecule has 0 N–H and O–H groups in total. The first-order valence-electron chi connectivity index (χ1n) is 3.88. The van der Waals surface area contributed by atoms with Crippen LogP contribution >= 0.6 is 0 Å². The Hall–Kier alpha value is -0.820. The van der Waals surface area contributed by atoms with E-state index >= 15 is 0 Å². The largest absolute Gasteiger partial charge is 0.236 e. The number of hydrogen-bond donors (Lipinski definition) is 0. The van der Waals surface area contributed by atoms with Crippen molar-refractivity contribution in [3.63, 3.8) is 0 Å². The van der Waals surface area contributed by atoms with Crippen molar-refractivity contribution >= 4 is 0 Å². The van der Waals surface area contributed by atoms with Gasteiger partial charge in [0.15, 0.2) is 0 Å². The molecule has 1 radical (unpaired) electrons. The highest BCUT2D eigenvalue weighted by Crippen LogP contribution is 2.10. The predicted octanol–water partition coefficient (Wildman–Crippen LogP) is 2.28. The summed E-state index contributed by atoms with van der Waals surface area (Å²) in [5.74, 6) is 0. The monoisotopic (exact) mass is 149 g/mol. The molecule has 0 aliphatic rings. The van der Waals surface area contributed by atoms with Crippen molar-refractivity contribution in [3.8, 4) is 0 Å². The molecule has 11 heavy (non-hydrogen) atoms. The van der Waals surface area contributed by atoms with Gasteiger partial charge in [0.1, 0.15) is 0 Å². The van der Waals surface area contributed by atoms with E-state index in [0.717, 1.165) is 0 Å². The molecule has 1 rings (SSSR count). The standard InChI is InChI=1S/C10H13O/c1-8-3-4-9(2)10(7-8)5-6-11/h3-4,7H,5-6H2,1-2H3. The Morgan fingerprint density at radius 1 is 1.27 bits per heavy atom. The zero-order valence-electron chi connectivity index (χ0n) is 7.05. The van der Waals surface area contributed by atoms with E-state index in [9.17, 15) is 5.11 Å². The van der Waals surface area contributed by atoms with E-state index in [4.69, 9.17) is 0 Å². The Morgan fingerprint density at radius 2 is 2.00 bits per heavy atom. The fourth-order valence-electron chi connectivity index (χ4n) is 1.18. The molecule has 1 aromatic carbocycles. The third kappa shape index (κ3) is 2.05. The van der Waals surface area contributed by atoms with Gasteiger partial charge in [-0.3, -0.25) is 0 Å². The molecule has 0 aliphatic carbocycles. The van der Waals surface area contributed by atoms with Gasteiger partial charge in [-0.2, -0.15) is 0 Å². The number of rotatable bonds is 2. The predicted molar refractivity (Wildman–Crippen MR) is 45.2 cm³/mol. The molecule has 1 aromatic rings. The van der Waals surface area contributed by atoms with Crippen molar-refractivity contribution in [2.24, 2.45) is 0 Å². The van der Waals surface area contributed by atoms with Crippen molar-refractivity contribution in [1.29, 1.82) is 0 Å². The van der Waals surface area contributed by atoms with Gasteiger partial charge in [-0.25, -0.2) is 5.11 Å². The molecule has 0 fully saturated rings. The second-order valence-electron chi connectivity index (χ2n) is 2.88. The lowest BCUT2D eigenvalue weighted by molar-refractivity contribution is 0.197. The topological polar surface area (TPSA) is 19.9 Å². The van der Waals surface area contributed by atoms with Crippen LogP contribution in [0.4, 0.5) is 0 Å². The second-order valence-corrected chi connectivity index (χ2v) is 2.88. The van der Waals surface area contributed by atoms with Crippen molar-refractivity contribution in [2.75, 3.05) is 6.61 Å². The maximum atomic E-state index is 10.4. The van der Waals surface area contributed by atoms with E-state index in [1.54, 1.807) is 0 Å². The molecule has 0 aliphatic heterocycles. The van der Waals surface area contributed by atoms with Crippen LogP contribution in [0.2, 0.25) is 0 Å². The Labute approximate surface area is 67.7 Å². The van der Waals surface area contributed by atoms with Gasteiger partial charge in [0.25, 0.3) is 0 Å². The second kappa shape index (κ2) is 3.54. The van der Waals surface area contributed by atoms with E-state index in [1.807, 2.05) is 13.8 Å². The Balaban J connectivity index is 2.93. The fourth-order valence-corrected chi connectivity index (χ4v) is 1.18. The van der Waals surface area contributed by atoms with E-state index < -0.39 is 0 Å². The van der Waals surface area contributed by atoms with Gasteiger partial charge in [0, 0.05) is 0 Å². The van der Waals surface area contributed by atoms with Crippen LogP contribution in [0, 0.1) is 13.8 Å². The van der Waals surface area contributed by atoms with E-state index in [-0.39, 0.29) is 6.61 Å². The summed E-state index contributed by atoms with van der Waals surface area (Å²) in [4.78, 5) is 0. The van der Waals surface area contributed by atoms with Gasteiger partial charge in [0.05, 0.1) is 6.61 Å². The number of aryl methyl sites for hydroxylation is 2. The van der Waals surface area contributed by atoms with Crippen LogP contribution in [-0.4, -0.2) is 6.61 Å². The van der Waals surface area contributed by atoms with Crippen LogP contribution in [0.25, 0.3) is 0 Å². The smallest absolute Gasteiger partial charge is 0.0862 e. The van der Waals surface area contributed by atoms with Crippen LogP contribution in [0.5, 0.6) is 0 Å². The molecular formula is C10H13O. The molecule has 0 saturated heterocycles. The molecule has 0 amide bonds. The lowest BCUT2D eigenvalue weighted by Crippen LogP contribution is -1.93. The highest BCUT2D eigenvalue weighted by atomic mass is 16.2. The summed E-state index contributed by atoms with van der Waals surface area (Å²) in [6.07, 6.45) is 0.660. The van der Waals surface area contributed by atoms with Gasteiger partial charge in [-0.15, -0.1) is 0 Å². The summed E-state index contributed by atoms with van der Waals surface area (Å²) in [5, 5.41) is 10.4. The normalized spacial score (nSPS) is 10.1. The lowest BCUT2D eigenvalue weighted by atomic mass is 10.0.